The summed E-state index contributed by atoms with van der Waals surface area (Å²) in [5.41, 5.74) is 0.772. The molecule has 0 atom stereocenters. The fourth-order valence-electron chi connectivity index (χ4n) is 2.59. The van der Waals surface area contributed by atoms with Gasteiger partial charge in [-0.25, -0.2) is 0 Å². The molecule has 0 aromatic carbocycles. The van der Waals surface area contributed by atoms with Gasteiger partial charge in [0.1, 0.15) is 5.69 Å². The molecule has 0 bridgehead atoms. The Balaban J connectivity index is 1.68. The van der Waals surface area contributed by atoms with Crippen molar-refractivity contribution in [3.63, 3.8) is 0 Å². The zero-order chi connectivity index (χ0) is 14.2. The van der Waals surface area contributed by atoms with Crippen LogP contribution in [-0.2, 0) is 6.54 Å². The van der Waals surface area contributed by atoms with Gasteiger partial charge in [-0.15, -0.1) is 0 Å². The Morgan fingerprint density at radius 3 is 2.90 bits per heavy atom. The molecule has 112 valence electrons. The van der Waals surface area contributed by atoms with Crippen LogP contribution in [0.3, 0.4) is 0 Å². The van der Waals surface area contributed by atoms with E-state index in [2.05, 4.69) is 22.5 Å². The van der Waals surface area contributed by atoms with E-state index in [0.29, 0.717) is 0 Å². The third-order valence-corrected chi connectivity index (χ3v) is 3.67. The van der Waals surface area contributed by atoms with Crippen LogP contribution in [0.2, 0.25) is 0 Å². The van der Waals surface area contributed by atoms with Crippen molar-refractivity contribution in [3.05, 3.63) is 24.0 Å². The molecule has 2 N–H and O–H groups in total. The topological polar surface area (TPSA) is 49.3 Å². The molecule has 0 aliphatic carbocycles. The van der Waals surface area contributed by atoms with E-state index in [4.69, 9.17) is 0 Å². The number of aryl methyl sites for hydroxylation is 1. The molecule has 2 rings (SSSR count). The summed E-state index contributed by atoms with van der Waals surface area (Å²) in [5, 5.41) is 6.37. The van der Waals surface area contributed by atoms with Gasteiger partial charge in [-0.3, -0.25) is 4.79 Å². The van der Waals surface area contributed by atoms with Crippen LogP contribution in [0.15, 0.2) is 18.3 Å². The van der Waals surface area contributed by atoms with Crippen molar-refractivity contribution in [1.29, 1.82) is 0 Å². The van der Waals surface area contributed by atoms with Gasteiger partial charge in [0.25, 0.3) is 5.91 Å². The number of rotatable bonds is 7. The molecule has 1 aromatic rings. The zero-order valence-electron chi connectivity index (χ0n) is 12.4. The van der Waals surface area contributed by atoms with Gasteiger partial charge in [-0.1, -0.05) is 6.92 Å². The quantitative estimate of drug-likeness (QED) is 0.729. The fourth-order valence-corrected chi connectivity index (χ4v) is 2.59. The van der Waals surface area contributed by atoms with Crippen LogP contribution in [0.25, 0.3) is 0 Å². The van der Waals surface area contributed by atoms with E-state index in [-0.39, 0.29) is 5.91 Å². The van der Waals surface area contributed by atoms with Gasteiger partial charge in [0.2, 0.25) is 0 Å². The van der Waals surface area contributed by atoms with E-state index in [1.807, 2.05) is 22.9 Å². The molecule has 1 aromatic heterocycles. The van der Waals surface area contributed by atoms with Crippen molar-refractivity contribution in [3.8, 4) is 0 Å². The largest absolute Gasteiger partial charge is 0.351 e. The number of piperazine rings is 1. The molecule has 1 saturated heterocycles. The van der Waals surface area contributed by atoms with Crippen LogP contribution in [0.5, 0.6) is 0 Å². The van der Waals surface area contributed by atoms with Crippen molar-refractivity contribution in [2.75, 3.05) is 39.3 Å². The molecule has 0 spiro atoms. The Bertz CT molecular complexity index is 410. The lowest BCUT2D eigenvalue weighted by atomic mass is 10.3. The summed E-state index contributed by atoms with van der Waals surface area (Å²) >= 11 is 0. The normalized spacial score (nSPS) is 16.2. The smallest absolute Gasteiger partial charge is 0.267 e. The van der Waals surface area contributed by atoms with E-state index in [9.17, 15) is 4.79 Å². The molecule has 0 unspecified atom stereocenters. The number of hydrogen-bond acceptors (Lipinski definition) is 3. The second kappa shape index (κ2) is 8.07. The summed E-state index contributed by atoms with van der Waals surface area (Å²) in [5.74, 6) is 0.0451. The van der Waals surface area contributed by atoms with Gasteiger partial charge in [-0.05, 0) is 31.5 Å². The highest BCUT2D eigenvalue weighted by atomic mass is 16.1. The summed E-state index contributed by atoms with van der Waals surface area (Å²) in [4.78, 5) is 14.5. The van der Waals surface area contributed by atoms with Gasteiger partial charge in [0.05, 0.1) is 0 Å². The maximum atomic E-state index is 12.1. The van der Waals surface area contributed by atoms with Crippen LogP contribution in [0.4, 0.5) is 0 Å². The lowest BCUT2D eigenvalue weighted by Crippen LogP contribution is -2.44. The summed E-state index contributed by atoms with van der Waals surface area (Å²) < 4.78 is 2.02. The van der Waals surface area contributed by atoms with Crippen molar-refractivity contribution in [2.45, 2.75) is 26.3 Å². The molecule has 1 aliphatic heterocycles. The maximum Gasteiger partial charge on any atom is 0.267 e. The molecule has 1 aliphatic rings. The number of nitrogens with one attached hydrogen (secondary N) is 2. The van der Waals surface area contributed by atoms with Crippen LogP contribution < -0.4 is 10.6 Å². The van der Waals surface area contributed by atoms with Crippen molar-refractivity contribution in [1.82, 2.24) is 20.1 Å². The standard InChI is InChI=1S/C15H26N4O/c1-2-9-19-11-3-5-14(19)15(20)17-6-4-10-18-12-7-16-8-13-18/h3,5,11,16H,2,4,6-10,12-13H2,1H3,(H,17,20). The Hall–Kier alpha value is -1.33. The number of aromatic nitrogens is 1. The van der Waals surface area contributed by atoms with E-state index in [1.54, 1.807) is 0 Å². The first-order chi connectivity index (χ1) is 9.81. The van der Waals surface area contributed by atoms with E-state index < -0.39 is 0 Å². The van der Waals surface area contributed by atoms with Crippen LogP contribution in [0.1, 0.15) is 30.3 Å². The molecule has 5 nitrogen and oxygen atoms in total. The van der Waals surface area contributed by atoms with Crippen LogP contribution in [0, 0.1) is 0 Å². The Morgan fingerprint density at radius 2 is 2.15 bits per heavy atom. The SMILES string of the molecule is CCCn1cccc1C(=O)NCCCN1CCNCC1. The van der Waals surface area contributed by atoms with Gasteiger partial charge in [0.15, 0.2) is 0 Å². The monoisotopic (exact) mass is 278 g/mol. The Kier molecular flexibility index (Phi) is 6.08. The lowest BCUT2D eigenvalue weighted by molar-refractivity contribution is 0.0942. The average molecular weight is 278 g/mol. The predicted molar refractivity (Wildman–Crippen MR) is 81.0 cm³/mol. The molecular weight excluding hydrogens is 252 g/mol. The third-order valence-electron chi connectivity index (χ3n) is 3.67. The third kappa shape index (κ3) is 4.35. The van der Waals surface area contributed by atoms with Crippen LogP contribution >= 0.6 is 0 Å². The van der Waals surface area contributed by atoms with E-state index >= 15 is 0 Å². The molecule has 0 radical (unpaired) electrons. The van der Waals surface area contributed by atoms with Crippen molar-refractivity contribution >= 4 is 5.91 Å². The highest BCUT2D eigenvalue weighted by Crippen LogP contribution is 2.03. The summed E-state index contributed by atoms with van der Waals surface area (Å²) in [7, 11) is 0. The van der Waals surface area contributed by atoms with Crippen LogP contribution in [-0.4, -0.2) is 54.6 Å². The minimum Gasteiger partial charge on any atom is -0.351 e. The predicted octanol–water partition coefficient (Wildman–Crippen LogP) is 0.923. The zero-order valence-corrected chi connectivity index (χ0v) is 12.4. The minimum absolute atomic E-state index is 0.0451. The maximum absolute atomic E-state index is 12.1. The molecule has 1 fully saturated rings. The second-order valence-electron chi connectivity index (χ2n) is 5.29. The molecule has 2 heterocycles. The number of hydrogen-bond donors (Lipinski definition) is 2. The van der Waals surface area contributed by atoms with Gasteiger partial charge in [-0.2, -0.15) is 0 Å². The average Bonchev–Trinajstić information content (AvgIpc) is 2.93. The first-order valence-corrected chi connectivity index (χ1v) is 7.67. The molecule has 1 amide bonds. The Morgan fingerprint density at radius 1 is 1.35 bits per heavy atom. The molecule has 20 heavy (non-hydrogen) atoms. The fraction of sp³-hybridized carbons (Fsp3) is 0.667. The van der Waals surface area contributed by atoms with Crippen molar-refractivity contribution < 1.29 is 4.79 Å². The highest BCUT2D eigenvalue weighted by molar-refractivity contribution is 5.92. The number of carbonyl (C=O) groups excluding carboxylic acids is 1. The van der Waals surface area contributed by atoms with Gasteiger partial charge in [0, 0.05) is 45.5 Å². The van der Waals surface area contributed by atoms with E-state index in [0.717, 1.165) is 64.3 Å². The summed E-state index contributed by atoms with van der Waals surface area (Å²) in [6, 6.07) is 3.83. The summed E-state index contributed by atoms with van der Waals surface area (Å²) in [6.45, 7) is 9.23. The van der Waals surface area contributed by atoms with Crippen molar-refractivity contribution in [2.24, 2.45) is 0 Å². The molecule has 0 saturated carbocycles. The van der Waals surface area contributed by atoms with Gasteiger partial charge < -0.3 is 20.1 Å². The molecular formula is C15H26N4O. The van der Waals surface area contributed by atoms with Gasteiger partial charge >= 0.3 is 0 Å². The highest BCUT2D eigenvalue weighted by Gasteiger charge is 2.11. The first-order valence-electron chi connectivity index (χ1n) is 7.67. The first kappa shape index (κ1) is 15.1. The Labute approximate surface area is 121 Å². The molecule has 5 heteroatoms. The number of carbonyl (C=O) groups is 1. The number of nitrogens with zero attached hydrogens (tertiary/aromatic N) is 2. The second-order valence-corrected chi connectivity index (χ2v) is 5.29. The summed E-state index contributed by atoms with van der Waals surface area (Å²) in [6.07, 6.45) is 4.03. The number of amides is 1. The lowest BCUT2D eigenvalue weighted by Gasteiger charge is -2.27. The van der Waals surface area contributed by atoms with E-state index in [1.165, 1.54) is 0 Å². The minimum atomic E-state index is 0.0451.